The second-order valence-electron chi connectivity index (χ2n) is 7.04. The van der Waals surface area contributed by atoms with E-state index in [0.717, 1.165) is 29.5 Å². The molecule has 30 heavy (non-hydrogen) atoms. The molecule has 1 amide bonds. The standard InChI is InChI=1S/C22H20N6OS/c29-22(24-16-10-11-19(23-15-16)27-12-4-5-13-27)20-25-21(18-9-6-14-30-18)28(26-20)17-7-2-1-3-8-17/h1-3,6-11,14-15H,4-5,12-13H2,(H,24,29). The van der Waals surface area contributed by atoms with Gasteiger partial charge in [-0.15, -0.1) is 16.4 Å². The lowest BCUT2D eigenvalue weighted by Crippen LogP contribution is -2.19. The number of hydrogen-bond acceptors (Lipinski definition) is 6. The summed E-state index contributed by atoms with van der Waals surface area (Å²) in [4.78, 5) is 25.0. The molecule has 1 N–H and O–H groups in total. The van der Waals surface area contributed by atoms with E-state index >= 15 is 0 Å². The highest BCUT2D eigenvalue weighted by Gasteiger charge is 2.20. The molecule has 8 heteroatoms. The Morgan fingerprint density at radius 3 is 2.53 bits per heavy atom. The van der Waals surface area contributed by atoms with Gasteiger partial charge in [0.2, 0.25) is 5.82 Å². The Morgan fingerprint density at radius 1 is 1.00 bits per heavy atom. The lowest BCUT2D eigenvalue weighted by atomic mass is 10.3. The average Bonchev–Trinajstić information content (AvgIpc) is 3.56. The summed E-state index contributed by atoms with van der Waals surface area (Å²) in [6.45, 7) is 2.07. The maximum Gasteiger partial charge on any atom is 0.295 e. The number of pyridine rings is 1. The molecule has 0 bridgehead atoms. The Balaban J connectivity index is 1.40. The summed E-state index contributed by atoms with van der Waals surface area (Å²) in [6.07, 6.45) is 4.07. The van der Waals surface area contributed by atoms with Crippen LogP contribution < -0.4 is 10.2 Å². The van der Waals surface area contributed by atoms with E-state index in [1.54, 1.807) is 22.2 Å². The molecule has 1 fully saturated rings. The third kappa shape index (κ3) is 3.69. The second kappa shape index (κ2) is 8.08. The van der Waals surface area contributed by atoms with E-state index in [0.29, 0.717) is 11.5 Å². The molecule has 4 heterocycles. The number of anilines is 2. The molecule has 150 valence electrons. The smallest absolute Gasteiger partial charge is 0.295 e. The Labute approximate surface area is 178 Å². The molecule has 0 spiro atoms. The second-order valence-corrected chi connectivity index (χ2v) is 7.98. The fraction of sp³-hybridized carbons (Fsp3) is 0.182. The Bertz CT molecular complexity index is 1130. The summed E-state index contributed by atoms with van der Waals surface area (Å²) in [5.74, 6) is 1.34. The van der Waals surface area contributed by atoms with Crippen LogP contribution >= 0.6 is 11.3 Å². The highest BCUT2D eigenvalue weighted by atomic mass is 32.1. The van der Waals surface area contributed by atoms with Gasteiger partial charge in [0.25, 0.3) is 5.91 Å². The number of thiophene rings is 1. The van der Waals surface area contributed by atoms with Crippen LogP contribution in [-0.2, 0) is 0 Å². The number of amides is 1. The maximum atomic E-state index is 12.8. The summed E-state index contributed by atoms with van der Waals surface area (Å²) in [7, 11) is 0. The van der Waals surface area contributed by atoms with E-state index in [1.807, 2.05) is 60.0 Å². The zero-order valence-corrected chi connectivity index (χ0v) is 17.0. The van der Waals surface area contributed by atoms with Gasteiger partial charge in [0.1, 0.15) is 5.82 Å². The summed E-state index contributed by atoms with van der Waals surface area (Å²) < 4.78 is 1.70. The van der Waals surface area contributed by atoms with Crippen LogP contribution in [0.15, 0.2) is 66.2 Å². The zero-order chi connectivity index (χ0) is 20.3. The molecule has 4 aromatic rings. The maximum absolute atomic E-state index is 12.8. The molecule has 1 aromatic carbocycles. The zero-order valence-electron chi connectivity index (χ0n) is 16.2. The largest absolute Gasteiger partial charge is 0.357 e. The van der Waals surface area contributed by atoms with E-state index in [1.165, 1.54) is 12.8 Å². The Morgan fingerprint density at radius 2 is 1.83 bits per heavy atom. The van der Waals surface area contributed by atoms with Crippen molar-refractivity contribution in [3.05, 3.63) is 72.0 Å². The van der Waals surface area contributed by atoms with Gasteiger partial charge in [-0.05, 0) is 48.6 Å². The van der Waals surface area contributed by atoms with Crippen LogP contribution in [0.25, 0.3) is 16.4 Å². The van der Waals surface area contributed by atoms with Crippen molar-refractivity contribution < 1.29 is 4.79 Å². The van der Waals surface area contributed by atoms with Gasteiger partial charge >= 0.3 is 0 Å². The summed E-state index contributed by atoms with van der Waals surface area (Å²) >= 11 is 1.56. The number of benzene rings is 1. The van der Waals surface area contributed by atoms with Crippen molar-refractivity contribution in [2.24, 2.45) is 0 Å². The van der Waals surface area contributed by atoms with E-state index in [9.17, 15) is 4.79 Å². The number of carbonyl (C=O) groups excluding carboxylic acids is 1. The van der Waals surface area contributed by atoms with Gasteiger partial charge in [-0.25, -0.2) is 14.6 Å². The molecule has 0 saturated carbocycles. The summed E-state index contributed by atoms with van der Waals surface area (Å²) in [5, 5.41) is 9.32. The lowest BCUT2D eigenvalue weighted by molar-refractivity contribution is 0.101. The van der Waals surface area contributed by atoms with Gasteiger partial charge in [-0.1, -0.05) is 24.3 Å². The van der Waals surface area contributed by atoms with Crippen LogP contribution in [0.5, 0.6) is 0 Å². The predicted octanol–water partition coefficient (Wildman–Crippen LogP) is 4.24. The summed E-state index contributed by atoms with van der Waals surface area (Å²) in [5.41, 5.74) is 1.47. The van der Waals surface area contributed by atoms with Gasteiger partial charge in [-0.3, -0.25) is 4.79 Å². The van der Waals surface area contributed by atoms with E-state index in [-0.39, 0.29) is 11.7 Å². The molecule has 7 nitrogen and oxygen atoms in total. The molecule has 0 aliphatic carbocycles. The van der Waals surface area contributed by atoms with Crippen molar-refractivity contribution in [3.8, 4) is 16.4 Å². The van der Waals surface area contributed by atoms with Gasteiger partial charge in [0, 0.05) is 13.1 Å². The highest BCUT2D eigenvalue weighted by molar-refractivity contribution is 7.13. The van der Waals surface area contributed by atoms with Crippen molar-refractivity contribution in [1.29, 1.82) is 0 Å². The molecule has 0 atom stereocenters. The number of aromatic nitrogens is 4. The average molecular weight is 417 g/mol. The Hall–Kier alpha value is -3.52. The fourth-order valence-corrected chi connectivity index (χ4v) is 4.20. The molecule has 1 saturated heterocycles. The van der Waals surface area contributed by atoms with Crippen molar-refractivity contribution in [3.63, 3.8) is 0 Å². The molecule has 3 aromatic heterocycles. The van der Waals surface area contributed by atoms with Crippen LogP contribution in [0.3, 0.4) is 0 Å². The Kier molecular flexibility index (Phi) is 4.98. The molecule has 1 aliphatic rings. The third-order valence-corrected chi connectivity index (χ3v) is 5.85. The van der Waals surface area contributed by atoms with Gasteiger partial charge in [0.05, 0.1) is 22.4 Å². The third-order valence-electron chi connectivity index (χ3n) is 4.99. The highest BCUT2D eigenvalue weighted by Crippen LogP contribution is 2.26. The first-order chi connectivity index (χ1) is 14.8. The molecule has 1 aliphatic heterocycles. The van der Waals surface area contributed by atoms with Crippen molar-refractivity contribution in [1.82, 2.24) is 19.7 Å². The van der Waals surface area contributed by atoms with Gasteiger partial charge < -0.3 is 10.2 Å². The van der Waals surface area contributed by atoms with Crippen LogP contribution in [0.2, 0.25) is 0 Å². The molecule has 5 rings (SSSR count). The predicted molar refractivity (Wildman–Crippen MR) is 118 cm³/mol. The number of para-hydroxylation sites is 1. The van der Waals surface area contributed by atoms with Crippen molar-refractivity contribution >= 4 is 28.7 Å². The van der Waals surface area contributed by atoms with Gasteiger partial charge in [0.15, 0.2) is 5.82 Å². The number of rotatable bonds is 5. The normalized spacial score (nSPS) is 13.5. The molecular formula is C22H20N6OS. The van der Waals surface area contributed by atoms with Crippen molar-refractivity contribution in [2.45, 2.75) is 12.8 Å². The summed E-state index contributed by atoms with van der Waals surface area (Å²) in [6, 6.07) is 17.4. The van der Waals surface area contributed by atoms with Gasteiger partial charge in [-0.2, -0.15) is 0 Å². The number of hydrogen-bond donors (Lipinski definition) is 1. The number of carbonyl (C=O) groups is 1. The topological polar surface area (TPSA) is 75.9 Å². The molecular weight excluding hydrogens is 396 g/mol. The minimum atomic E-state index is -0.363. The van der Waals surface area contributed by atoms with E-state index in [2.05, 4.69) is 25.3 Å². The molecule has 0 radical (unpaired) electrons. The lowest BCUT2D eigenvalue weighted by Gasteiger charge is -2.16. The van der Waals surface area contributed by atoms with Crippen LogP contribution in [0.1, 0.15) is 23.5 Å². The van der Waals surface area contributed by atoms with E-state index in [4.69, 9.17) is 0 Å². The number of nitrogens with zero attached hydrogens (tertiary/aromatic N) is 5. The van der Waals surface area contributed by atoms with Crippen LogP contribution in [-0.4, -0.2) is 38.7 Å². The first kappa shape index (κ1) is 18.5. The number of nitrogens with one attached hydrogen (secondary N) is 1. The minimum Gasteiger partial charge on any atom is -0.357 e. The SMILES string of the molecule is O=C(Nc1ccc(N2CCCC2)nc1)c1nc(-c2cccs2)n(-c2ccccc2)n1. The first-order valence-corrected chi connectivity index (χ1v) is 10.7. The van der Waals surface area contributed by atoms with Crippen LogP contribution in [0.4, 0.5) is 11.5 Å². The monoisotopic (exact) mass is 416 g/mol. The van der Waals surface area contributed by atoms with Crippen LogP contribution in [0, 0.1) is 0 Å². The van der Waals surface area contributed by atoms with Crippen molar-refractivity contribution in [2.75, 3.05) is 23.3 Å². The molecule has 0 unspecified atom stereocenters. The minimum absolute atomic E-state index is 0.117. The quantitative estimate of drug-likeness (QED) is 0.527. The first-order valence-electron chi connectivity index (χ1n) is 9.87. The fourth-order valence-electron chi connectivity index (χ4n) is 3.50. The van der Waals surface area contributed by atoms with E-state index < -0.39 is 0 Å².